The van der Waals surface area contributed by atoms with Crippen molar-refractivity contribution in [3.63, 3.8) is 0 Å². The molecular weight excluding hydrogens is 278 g/mol. The van der Waals surface area contributed by atoms with E-state index < -0.39 is 13.2 Å². The lowest BCUT2D eigenvalue weighted by molar-refractivity contribution is -0.385. The van der Waals surface area contributed by atoms with E-state index in [1.54, 1.807) is 12.1 Å². The molecule has 0 fully saturated rings. The zero-order chi connectivity index (χ0) is 11.6. The minimum Gasteiger partial charge on any atom is -0.543 e. The second-order valence-corrected chi connectivity index (χ2v) is 9.28. The van der Waals surface area contributed by atoms with Gasteiger partial charge in [-0.2, -0.15) is 0 Å². The number of nitrogens with zero attached hydrogens (tertiary/aromatic N) is 1. The molecule has 0 spiro atoms. The van der Waals surface area contributed by atoms with Crippen molar-refractivity contribution in [1.82, 2.24) is 0 Å². The average molecular weight is 290 g/mol. The van der Waals surface area contributed by atoms with Crippen LogP contribution in [0.15, 0.2) is 22.7 Å². The van der Waals surface area contributed by atoms with Crippen molar-refractivity contribution in [2.75, 3.05) is 0 Å². The van der Waals surface area contributed by atoms with Crippen LogP contribution in [0, 0.1) is 10.1 Å². The Bertz CT molecular complexity index is 389. The molecule has 15 heavy (non-hydrogen) atoms. The predicted molar refractivity (Wildman–Crippen MR) is 64.8 cm³/mol. The number of nitro groups is 1. The molecular formula is C9H12BrNO3Si. The molecule has 0 heterocycles. The summed E-state index contributed by atoms with van der Waals surface area (Å²) < 4.78 is 6.13. The molecule has 0 saturated heterocycles. The van der Waals surface area contributed by atoms with E-state index in [0.29, 0.717) is 10.2 Å². The van der Waals surface area contributed by atoms with E-state index in [2.05, 4.69) is 15.9 Å². The average Bonchev–Trinajstić information content (AvgIpc) is 2.05. The van der Waals surface area contributed by atoms with Crippen LogP contribution in [0.3, 0.4) is 0 Å². The molecule has 1 aromatic carbocycles. The first-order valence-corrected chi connectivity index (χ1v) is 8.63. The molecule has 0 radical (unpaired) electrons. The highest BCUT2D eigenvalue weighted by Gasteiger charge is 2.21. The standard InChI is InChI=1S/C9H12BrNO3Si/c1-15(2,3)14-8-6-4-5-7(9(8)10)11(12)13/h4-6H,1-3H3. The Balaban J connectivity index is 3.10. The van der Waals surface area contributed by atoms with E-state index in [-0.39, 0.29) is 5.69 Å². The molecule has 6 heteroatoms. The molecule has 0 aliphatic carbocycles. The summed E-state index contributed by atoms with van der Waals surface area (Å²) in [6, 6.07) is 4.80. The van der Waals surface area contributed by atoms with Crippen LogP contribution in [0.5, 0.6) is 5.75 Å². The van der Waals surface area contributed by atoms with Crippen molar-refractivity contribution in [3.05, 3.63) is 32.8 Å². The lowest BCUT2D eigenvalue weighted by atomic mass is 10.3. The van der Waals surface area contributed by atoms with Gasteiger partial charge < -0.3 is 4.43 Å². The summed E-state index contributed by atoms with van der Waals surface area (Å²) >= 11 is 3.19. The summed E-state index contributed by atoms with van der Waals surface area (Å²) in [6.07, 6.45) is 0. The molecule has 0 aliphatic rings. The van der Waals surface area contributed by atoms with Crippen LogP contribution < -0.4 is 4.43 Å². The van der Waals surface area contributed by atoms with Crippen LogP contribution >= 0.6 is 15.9 Å². The predicted octanol–water partition coefficient (Wildman–Crippen LogP) is 3.57. The lowest BCUT2D eigenvalue weighted by Gasteiger charge is -2.19. The highest BCUT2D eigenvalue weighted by molar-refractivity contribution is 9.10. The van der Waals surface area contributed by atoms with Gasteiger partial charge in [0, 0.05) is 6.07 Å². The van der Waals surface area contributed by atoms with Gasteiger partial charge in [0.05, 0.1) is 4.92 Å². The summed E-state index contributed by atoms with van der Waals surface area (Å²) in [4.78, 5) is 10.2. The van der Waals surface area contributed by atoms with Crippen molar-refractivity contribution in [3.8, 4) is 5.75 Å². The number of rotatable bonds is 3. The molecule has 0 bridgehead atoms. The van der Waals surface area contributed by atoms with Crippen molar-refractivity contribution in [1.29, 1.82) is 0 Å². The van der Waals surface area contributed by atoms with Gasteiger partial charge in [-0.3, -0.25) is 10.1 Å². The molecule has 0 unspecified atom stereocenters. The fourth-order valence-corrected chi connectivity index (χ4v) is 2.52. The van der Waals surface area contributed by atoms with Gasteiger partial charge in [0.2, 0.25) is 8.32 Å². The van der Waals surface area contributed by atoms with E-state index in [0.717, 1.165) is 0 Å². The Morgan fingerprint density at radius 2 is 2.00 bits per heavy atom. The number of hydrogen-bond acceptors (Lipinski definition) is 3. The van der Waals surface area contributed by atoms with Crippen LogP contribution in [0.4, 0.5) is 5.69 Å². The van der Waals surface area contributed by atoms with Crippen molar-refractivity contribution in [2.24, 2.45) is 0 Å². The normalized spacial score (nSPS) is 11.2. The van der Waals surface area contributed by atoms with E-state index >= 15 is 0 Å². The molecule has 1 aromatic rings. The smallest absolute Gasteiger partial charge is 0.287 e. The van der Waals surface area contributed by atoms with Crippen molar-refractivity contribution in [2.45, 2.75) is 19.6 Å². The van der Waals surface area contributed by atoms with Gasteiger partial charge in [-0.05, 0) is 41.6 Å². The maximum absolute atomic E-state index is 10.7. The SMILES string of the molecule is C[Si](C)(C)Oc1cccc([N+](=O)[O-])c1Br. The summed E-state index contributed by atoms with van der Waals surface area (Å²) in [5, 5.41) is 10.7. The van der Waals surface area contributed by atoms with E-state index in [1.165, 1.54) is 6.07 Å². The Hall–Kier alpha value is -0.883. The van der Waals surface area contributed by atoms with Gasteiger partial charge >= 0.3 is 0 Å². The minimum atomic E-state index is -1.74. The molecule has 0 saturated carbocycles. The molecule has 1 rings (SSSR count). The maximum atomic E-state index is 10.7. The third kappa shape index (κ3) is 3.31. The molecule has 0 N–H and O–H groups in total. The molecule has 0 atom stereocenters. The Morgan fingerprint density at radius 1 is 1.40 bits per heavy atom. The zero-order valence-corrected chi connectivity index (χ0v) is 11.4. The van der Waals surface area contributed by atoms with Crippen LogP contribution in [0.1, 0.15) is 0 Å². The highest BCUT2D eigenvalue weighted by atomic mass is 79.9. The summed E-state index contributed by atoms with van der Waals surface area (Å²) in [5.74, 6) is 0.545. The zero-order valence-electron chi connectivity index (χ0n) is 8.78. The van der Waals surface area contributed by atoms with Gasteiger partial charge in [-0.15, -0.1) is 0 Å². The topological polar surface area (TPSA) is 52.4 Å². The summed E-state index contributed by atoms with van der Waals surface area (Å²) in [5.41, 5.74) is 0.0331. The van der Waals surface area contributed by atoms with Gasteiger partial charge in [0.15, 0.2) is 0 Å². The van der Waals surface area contributed by atoms with Gasteiger partial charge in [0.25, 0.3) is 5.69 Å². The lowest BCUT2D eigenvalue weighted by Crippen LogP contribution is -2.29. The monoisotopic (exact) mass is 289 g/mol. The molecule has 0 aromatic heterocycles. The third-order valence-corrected chi connectivity index (χ3v) is 3.19. The summed E-state index contributed by atoms with van der Waals surface area (Å²) in [6.45, 7) is 6.08. The Labute approximate surface area is 97.7 Å². The first kappa shape index (κ1) is 12.2. The van der Waals surface area contributed by atoms with Crippen LogP contribution in [-0.2, 0) is 0 Å². The Kier molecular flexibility index (Phi) is 3.51. The van der Waals surface area contributed by atoms with Gasteiger partial charge in [-0.25, -0.2) is 0 Å². The first-order valence-electron chi connectivity index (χ1n) is 4.43. The quantitative estimate of drug-likeness (QED) is 0.486. The first-order chi connectivity index (χ1) is 6.81. The second-order valence-electron chi connectivity index (χ2n) is 4.06. The van der Waals surface area contributed by atoms with Crippen molar-refractivity contribution >= 4 is 29.9 Å². The van der Waals surface area contributed by atoms with E-state index in [4.69, 9.17) is 4.43 Å². The van der Waals surface area contributed by atoms with Gasteiger partial charge in [-0.1, -0.05) is 6.07 Å². The van der Waals surface area contributed by atoms with Crippen LogP contribution in [-0.4, -0.2) is 13.2 Å². The van der Waals surface area contributed by atoms with E-state index in [9.17, 15) is 10.1 Å². The minimum absolute atomic E-state index is 0.0331. The highest BCUT2D eigenvalue weighted by Crippen LogP contribution is 2.34. The molecule has 82 valence electrons. The number of nitro benzene ring substituents is 1. The Morgan fingerprint density at radius 3 is 2.47 bits per heavy atom. The maximum Gasteiger partial charge on any atom is 0.287 e. The van der Waals surface area contributed by atoms with Crippen LogP contribution in [0.2, 0.25) is 19.6 Å². The fraction of sp³-hybridized carbons (Fsp3) is 0.333. The fourth-order valence-electron chi connectivity index (χ4n) is 1.05. The molecule has 4 nitrogen and oxygen atoms in total. The molecule has 0 aliphatic heterocycles. The number of halogens is 1. The summed E-state index contributed by atoms with van der Waals surface area (Å²) in [7, 11) is -1.74. The second kappa shape index (κ2) is 4.32. The molecule has 0 amide bonds. The third-order valence-electron chi connectivity index (χ3n) is 1.56. The van der Waals surface area contributed by atoms with Crippen molar-refractivity contribution < 1.29 is 9.35 Å². The number of benzene rings is 1. The van der Waals surface area contributed by atoms with Gasteiger partial charge in [0.1, 0.15) is 10.2 Å². The number of hydrogen-bond donors (Lipinski definition) is 0. The largest absolute Gasteiger partial charge is 0.543 e. The van der Waals surface area contributed by atoms with E-state index in [1.807, 2.05) is 19.6 Å². The van der Waals surface area contributed by atoms with Crippen LogP contribution in [0.25, 0.3) is 0 Å².